The first-order chi connectivity index (χ1) is 6.17. The highest BCUT2D eigenvalue weighted by Crippen LogP contribution is 2.09. The Kier molecular flexibility index (Phi) is 2.63. The van der Waals surface area contributed by atoms with Crippen LogP contribution < -0.4 is 16.0 Å². The van der Waals surface area contributed by atoms with Crippen LogP contribution in [0.15, 0.2) is 12.8 Å². The van der Waals surface area contributed by atoms with E-state index in [0.717, 1.165) is 0 Å². The summed E-state index contributed by atoms with van der Waals surface area (Å²) in [5.41, 5.74) is 5.46. The molecule has 0 bridgehead atoms. The second-order valence-electron chi connectivity index (χ2n) is 2.36. The van der Waals surface area contributed by atoms with Crippen molar-refractivity contribution in [2.45, 2.75) is 0 Å². The van der Waals surface area contributed by atoms with Gasteiger partial charge in [-0.05, 0) is 6.20 Å². The molecule has 0 aliphatic heterocycles. The summed E-state index contributed by atoms with van der Waals surface area (Å²) >= 11 is 0. The number of hydrogen-bond donors (Lipinski definition) is 2. The van der Waals surface area contributed by atoms with E-state index >= 15 is 0 Å². The fourth-order valence-corrected chi connectivity index (χ4v) is 0.732. The van der Waals surface area contributed by atoms with Crippen molar-refractivity contribution in [2.75, 3.05) is 30.0 Å². The Hall–Kier alpha value is -1.85. The lowest BCUT2D eigenvalue weighted by atomic mass is 10.7. The minimum atomic E-state index is 0.183. The van der Waals surface area contributed by atoms with Gasteiger partial charge in [0, 0.05) is 14.1 Å². The van der Waals surface area contributed by atoms with E-state index in [9.17, 15) is 0 Å². The van der Waals surface area contributed by atoms with Crippen LogP contribution in [0.25, 0.3) is 0 Å². The van der Waals surface area contributed by atoms with E-state index in [2.05, 4.69) is 26.8 Å². The summed E-state index contributed by atoms with van der Waals surface area (Å²) in [5, 5.41) is 2.78. The number of aromatic nitrogens is 3. The van der Waals surface area contributed by atoms with Crippen molar-refractivity contribution < 1.29 is 0 Å². The fourth-order valence-electron chi connectivity index (χ4n) is 0.732. The summed E-state index contributed by atoms with van der Waals surface area (Å²) < 4.78 is 0. The monoisotopic (exact) mass is 180 g/mol. The molecule has 0 aliphatic rings. The molecule has 0 aromatic carbocycles. The molecule has 0 spiro atoms. The maximum atomic E-state index is 5.46. The smallest absolute Gasteiger partial charge is 0.235 e. The van der Waals surface area contributed by atoms with Gasteiger partial charge in [-0.1, -0.05) is 6.58 Å². The number of anilines is 3. The minimum absolute atomic E-state index is 0.183. The maximum absolute atomic E-state index is 5.46. The Labute approximate surface area is 76.5 Å². The van der Waals surface area contributed by atoms with Crippen LogP contribution >= 0.6 is 0 Å². The van der Waals surface area contributed by atoms with Crippen molar-refractivity contribution in [3.8, 4) is 0 Å². The van der Waals surface area contributed by atoms with Crippen LogP contribution in [-0.2, 0) is 0 Å². The second kappa shape index (κ2) is 3.70. The van der Waals surface area contributed by atoms with Crippen molar-refractivity contribution in [1.82, 2.24) is 15.0 Å². The third-order valence-corrected chi connectivity index (χ3v) is 1.45. The number of nitrogens with two attached hydrogens (primary N) is 1. The van der Waals surface area contributed by atoms with Crippen LogP contribution in [0.4, 0.5) is 17.8 Å². The summed E-state index contributed by atoms with van der Waals surface area (Å²) in [6.07, 6.45) is 1.59. The van der Waals surface area contributed by atoms with Crippen LogP contribution in [0.3, 0.4) is 0 Å². The number of rotatable bonds is 3. The third-order valence-electron chi connectivity index (χ3n) is 1.45. The standard InChI is InChI=1S/C7H12N6/c1-4-13(3)7-11-5(8)10-6(9-2)12-7/h4H,1H2,2-3H3,(H3,8,9,10,11,12). The molecule has 1 aromatic heterocycles. The normalized spacial score (nSPS) is 9.38. The van der Waals surface area contributed by atoms with E-state index in [1.54, 1.807) is 25.2 Å². The molecule has 0 atom stereocenters. The molecule has 0 unspecified atom stereocenters. The first-order valence-corrected chi connectivity index (χ1v) is 3.72. The third kappa shape index (κ3) is 2.05. The maximum Gasteiger partial charge on any atom is 0.235 e. The fraction of sp³-hybridized carbons (Fsp3) is 0.286. The van der Waals surface area contributed by atoms with Crippen LogP contribution in [0.1, 0.15) is 0 Å². The van der Waals surface area contributed by atoms with Crippen LogP contribution in [-0.4, -0.2) is 29.0 Å². The highest BCUT2D eigenvalue weighted by atomic mass is 15.3. The van der Waals surface area contributed by atoms with Gasteiger partial charge in [0.15, 0.2) is 0 Å². The molecule has 1 rings (SSSR count). The molecule has 13 heavy (non-hydrogen) atoms. The van der Waals surface area contributed by atoms with Gasteiger partial charge in [0.1, 0.15) is 0 Å². The van der Waals surface area contributed by atoms with Gasteiger partial charge in [-0.2, -0.15) is 15.0 Å². The number of nitrogens with zero attached hydrogens (tertiary/aromatic N) is 4. The highest BCUT2D eigenvalue weighted by molar-refractivity contribution is 5.42. The first kappa shape index (κ1) is 9.24. The van der Waals surface area contributed by atoms with Crippen molar-refractivity contribution in [1.29, 1.82) is 0 Å². The van der Waals surface area contributed by atoms with Gasteiger partial charge in [0.25, 0.3) is 0 Å². The van der Waals surface area contributed by atoms with Gasteiger partial charge < -0.3 is 16.0 Å². The Bertz CT molecular complexity index is 310. The van der Waals surface area contributed by atoms with Crippen molar-refractivity contribution in [3.63, 3.8) is 0 Å². The molecule has 6 nitrogen and oxygen atoms in total. The molecule has 0 fully saturated rings. The molecular weight excluding hydrogens is 168 g/mol. The van der Waals surface area contributed by atoms with E-state index in [-0.39, 0.29) is 5.95 Å². The average Bonchev–Trinajstić information content (AvgIpc) is 2.15. The Morgan fingerprint density at radius 3 is 2.69 bits per heavy atom. The highest BCUT2D eigenvalue weighted by Gasteiger charge is 2.04. The predicted octanol–water partition coefficient (Wildman–Crippen LogP) is 0.0752. The van der Waals surface area contributed by atoms with Gasteiger partial charge in [-0.25, -0.2) is 0 Å². The van der Waals surface area contributed by atoms with Gasteiger partial charge in [-0.15, -0.1) is 0 Å². The molecule has 0 amide bonds. The van der Waals surface area contributed by atoms with Gasteiger partial charge in [0.05, 0.1) is 0 Å². The lowest BCUT2D eigenvalue weighted by molar-refractivity contribution is 0.994. The molecule has 0 saturated carbocycles. The van der Waals surface area contributed by atoms with Crippen molar-refractivity contribution in [3.05, 3.63) is 12.8 Å². The number of hydrogen-bond acceptors (Lipinski definition) is 6. The summed E-state index contributed by atoms with van der Waals surface area (Å²) in [6.45, 7) is 3.59. The molecular formula is C7H12N6. The van der Waals surface area contributed by atoms with E-state index in [4.69, 9.17) is 5.73 Å². The molecule has 1 heterocycles. The molecule has 3 N–H and O–H groups in total. The first-order valence-electron chi connectivity index (χ1n) is 3.72. The Balaban J connectivity index is 3.07. The van der Waals surface area contributed by atoms with Crippen LogP contribution in [0.2, 0.25) is 0 Å². The lowest BCUT2D eigenvalue weighted by Crippen LogP contribution is -2.14. The quantitative estimate of drug-likeness (QED) is 0.685. The van der Waals surface area contributed by atoms with Crippen molar-refractivity contribution >= 4 is 17.8 Å². The van der Waals surface area contributed by atoms with E-state index < -0.39 is 0 Å². The molecule has 70 valence electrons. The average molecular weight is 180 g/mol. The second-order valence-corrected chi connectivity index (χ2v) is 2.36. The summed E-state index contributed by atoms with van der Waals surface area (Å²) in [7, 11) is 3.49. The largest absolute Gasteiger partial charge is 0.368 e. The van der Waals surface area contributed by atoms with Gasteiger partial charge >= 0.3 is 0 Å². The Morgan fingerprint density at radius 2 is 2.15 bits per heavy atom. The zero-order valence-corrected chi connectivity index (χ0v) is 7.65. The molecule has 6 heteroatoms. The van der Waals surface area contributed by atoms with E-state index in [1.165, 1.54) is 0 Å². The molecule has 1 aromatic rings. The topological polar surface area (TPSA) is 80.0 Å². The molecule has 0 radical (unpaired) electrons. The zero-order chi connectivity index (χ0) is 9.84. The molecule has 0 saturated heterocycles. The van der Waals surface area contributed by atoms with Crippen molar-refractivity contribution in [2.24, 2.45) is 0 Å². The summed E-state index contributed by atoms with van der Waals surface area (Å²) in [6, 6.07) is 0. The molecule has 0 aliphatic carbocycles. The zero-order valence-electron chi connectivity index (χ0n) is 7.65. The SMILES string of the molecule is C=CN(C)c1nc(N)nc(NC)n1. The van der Waals surface area contributed by atoms with Crippen LogP contribution in [0.5, 0.6) is 0 Å². The van der Waals surface area contributed by atoms with E-state index in [1.807, 2.05) is 0 Å². The predicted molar refractivity (Wildman–Crippen MR) is 52.4 cm³/mol. The number of nitrogen functional groups attached to an aromatic ring is 1. The summed E-state index contributed by atoms with van der Waals surface area (Å²) in [5.74, 6) is 1.09. The Morgan fingerprint density at radius 1 is 1.46 bits per heavy atom. The summed E-state index contributed by atoms with van der Waals surface area (Å²) in [4.78, 5) is 13.5. The van der Waals surface area contributed by atoms with Crippen LogP contribution in [0, 0.1) is 0 Å². The van der Waals surface area contributed by atoms with E-state index in [0.29, 0.717) is 11.9 Å². The lowest BCUT2D eigenvalue weighted by Gasteiger charge is -2.11. The number of nitrogens with one attached hydrogen (secondary N) is 1. The van der Waals surface area contributed by atoms with Gasteiger partial charge in [-0.3, -0.25) is 0 Å². The van der Waals surface area contributed by atoms with Gasteiger partial charge in [0.2, 0.25) is 17.8 Å². The minimum Gasteiger partial charge on any atom is -0.368 e.